The van der Waals surface area contributed by atoms with Crippen molar-refractivity contribution in [1.29, 1.82) is 0 Å². The van der Waals surface area contributed by atoms with Crippen molar-refractivity contribution in [1.82, 2.24) is 10.2 Å². The fourth-order valence-electron chi connectivity index (χ4n) is 4.93. The van der Waals surface area contributed by atoms with Crippen LogP contribution in [0, 0.1) is 0 Å². The van der Waals surface area contributed by atoms with Gasteiger partial charge in [-0.15, -0.1) is 0 Å². The molecule has 1 heterocycles. The first kappa shape index (κ1) is 33.6. The second-order valence-corrected chi connectivity index (χ2v) is 10.0. The van der Waals surface area contributed by atoms with E-state index in [0.29, 0.717) is 6.42 Å². The number of nitrogens with zero attached hydrogens (tertiary/aromatic N) is 1. The first-order valence-electron chi connectivity index (χ1n) is 14.0. The molecule has 1 fully saturated rings. The van der Waals surface area contributed by atoms with E-state index in [2.05, 4.69) is 17.1 Å². The van der Waals surface area contributed by atoms with Gasteiger partial charge in [0.25, 0.3) is 0 Å². The maximum atomic E-state index is 12.6. The predicted octanol–water partition coefficient (Wildman–Crippen LogP) is 8.05. The number of carbonyl (C=O) groups is 1. The lowest BCUT2D eigenvalue weighted by Gasteiger charge is -2.28. The summed E-state index contributed by atoms with van der Waals surface area (Å²) >= 11 is 0. The smallest absolute Gasteiger partial charge is 0.220 e. The number of amides is 1. The molecule has 2 atom stereocenters. The van der Waals surface area contributed by atoms with Crippen LogP contribution in [0.25, 0.3) is 0 Å². The molecule has 0 radical (unpaired) electrons. The number of rotatable bonds is 19. The molecular weight excluding hydrogens is 432 g/mol. The summed E-state index contributed by atoms with van der Waals surface area (Å²) in [7, 11) is 0. The summed E-state index contributed by atoms with van der Waals surface area (Å²) in [6.07, 6.45) is 19.4. The molecule has 4 heteroatoms. The van der Waals surface area contributed by atoms with E-state index in [4.69, 9.17) is 0 Å². The number of aliphatic hydroxyl groups is 1. The molecule has 1 amide bonds. The van der Waals surface area contributed by atoms with Crippen molar-refractivity contribution in [2.75, 3.05) is 19.6 Å². The first-order valence-corrected chi connectivity index (χ1v) is 14.0. The minimum atomic E-state index is -0.664. The number of carbonyl (C=O) groups excluding carboxylic acids is 1. The summed E-state index contributed by atoms with van der Waals surface area (Å²) < 4.78 is 0. The molecule has 0 unspecified atom stereocenters. The highest BCUT2D eigenvalue weighted by Gasteiger charge is 2.26. The van der Waals surface area contributed by atoms with Gasteiger partial charge < -0.3 is 15.3 Å². The number of likely N-dealkylation sites (tertiary alicyclic amines) is 1. The average Bonchev–Trinajstić information content (AvgIpc) is 3.35. The maximum Gasteiger partial charge on any atom is 0.220 e. The molecule has 0 aromatic heterocycles. The average molecular weight is 491 g/mol. The number of benzene rings is 1. The third kappa shape index (κ3) is 15.4. The normalized spacial score (nSPS) is 15.1. The molecule has 2 N–H and O–H groups in total. The van der Waals surface area contributed by atoms with E-state index >= 15 is 0 Å². The zero-order valence-electron chi connectivity index (χ0n) is 21.3. The zero-order chi connectivity index (χ0) is 23.6. The number of unbranched alkanes of at least 4 members (excludes halogenated alkanes) is 12. The highest BCUT2D eigenvalue weighted by atomic mass is 16.3. The van der Waals surface area contributed by atoms with Crippen LogP contribution in [0.4, 0.5) is 0 Å². The van der Waals surface area contributed by atoms with Gasteiger partial charge in [-0.2, -0.15) is 0 Å². The van der Waals surface area contributed by atoms with Crippen LogP contribution in [-0.2, 0) is 4.79 Å². The standard InChI is InChI=1S/C29H50N2O2.2CH4/c1-2-3-4-5-6-7-8-9-10-11-12-13-17-22-28(32)30-27(25-31-23-18-19-24-31)29(33)26-20-15-14-16-21-26;;/h14-16,20-21,27,29,33H,2-13,17-19,22-25H2,1H3,(H,30,32);2*1H4/t27-,29-;;/m1../s1. The van der Waals surface area contributed by atoms with Crippen LogP contribution in [0.2, 0.25) is 0 Å². The Morgan fingerprint density at radius 2 is 1.31 bits per heavy atom. The first-order chi connectivity index (χ1) is 16.2. The van der Waals surface area contributed by atoms with Gasteiger partial charge in [0, 0.05) is 13.0 Å². The second-order valence-electron chi connectivity index (χ2n) is 10.0. The van der Waals surface area contributed by atoms with Gasteiger partial charge in [0.2, 0.25) is 5.91 Å². The van der Waals surface area contributed by atoms with Crippen molar-refractivity contribution in [3.63, 3.8) is 0 Å². The van der Waals surface area contributed by atoms with Gasteiger partial charge in [0.1, 0.15) is 6.10 Å². The minimum absolute atomic E-state index is 0. The summed E-state index contributed by atoms with van der Waals surface area (Å²) in [5.41, 5.74) is 0.878. The molecule has 1 aromatic carbocycles. The predicted molar refractivity (Wildman–Crippen MR) is 153 cm³/mol. The van der Waals surface area contributed by atoms with Gasteiger partial charge in [-0.05, 0) is 37.9 Å². The van der Waals surface area contributed by atoms with Crippen molar-refractivity contribution in [3.8, 4) is 0 Å². The van der Waals surface area contributed by atoms with Crippen molar-refractivity contribution >= 4 is 5.91 Å². The van der Waals surface area contributed by atoms with Crippen LogP contribution in [0.15, 0.2) is 30.3 Å². The number of hydrogen-bond acceptors (Lipinski definition) is 3. The molecule has 0 spiro atoms. The van der Waals surface area contributed by atoms with Crippen LogP contribution in [0.1, 0.15) is 136 Å². The Balaban J connectivity index is 0.00000578. The minimum Gasteiger partial charge on any atom is -0.386 e. The highest BCUT2D eigenvalue weighted by molar-refractivity contribution is 5.76. The fraction of sp³-hybridized carbons (Fsp3) is 0.774. The molecule has 1 aliphatic heterocycles. The summed E-state index contributed by atoms with van der Waals surface area (Å²) in [5.74, 6) is 0.0808. The van der Waals surface area contributed by atoms with Gasteiger partial charge in [-0.3, -0.25) is 4.79 Å². The number of nitrogens with one attached hydrogen (secondary N) is 1. The molecule has 0 bridgehead atoms. The lowest BCUT2D eigenvalue weighted by molar-refractivity contribution is -0.123. The van der Waals surface area contributed by atoms with E-state index in [1.165, 1.54) is 83.5 Å². The monoisotopic (exact) mass is 490 g/mol. The van der Waals surface area contributed by atoms with E-state index < -0.39 is 6.10 Å². The summed E-state index contributed by atoms with van der Waals surface area (Å²) in [5, 5.41) is 14.1. The van der Waals surface area contributed by atoms with Gasteiger partial charge in [-0.1, -0.05) is 129 Å². The molecule has 2 rings (SSSR count). The number of hydrogen-bond donors (Lipinski definition) is 2. The van der Waals surface area contributed by atoms with Crippen molar-refractivity contribution in [2.24, 2.45) is 0 Å². The highest BCUT2D eigenvalue weighted by Crippen LogP contribution is 2.20. The lowest BCUT2D eigenvalue weighted by atomic mass is 10.0. The fourth-order valence-corrected chi connectivity index (χ4v) is 4.93. The quantitative estimate of drug-likeness (QED) is 0.193. The summed E-state index contributed by atoms with van der Waals surface area (Å²) in [6, 6.07) is 9.49. The zero-order valence-corrected chi connectivity index (χ0v) is 21.3. The Morgan fingerprint density at radius 1 is 0.829 bits per heavy atom. The van der Waals surface area contributed by atoms with E-state index in [9.17, 15) is 9.90 Å². The molecule has 0 aliphatic carbocycles. The Bertz CT molecular complexity index is 601. The SMILES string of the molecule is C.C.CCCCCCCCCCCCCCCC(=O)N[C@H](CN1CCCC1)[C@H](O)c1ccccc1. The molecule has 1 aliphatic rings. The topological polar surface area (TPSA) is 52.6 Å². The van der Waals surface area contributed by atoms with Crippen molar-refractivity contribution in [3.05, 3.63) is 35.9 Å². The maximum absolute atomic E-state index is 12.6. The van der Waals surface area contributed by atoms with Gasteiger partial charge in [0.15, 0.2) is 0 Å². The van der Waals surface area contributed by atoms with E-state index in [1.54, 1.807) is 0 Å². The summed E-state index contributed by atoms with van der Waals surface area (Å²) in [4.78, 5) is 15.0. The number of aliphatic hydroxyl groups excluding tert-OH is 1. The van der Waals surface area contributed by atoms with Crippen LogP contribution in [0.5, 0.6) is 0 Å². The second kappa shape index (κ2) is 21.9. The molecule has 1 saturated heterocycles. The molecule has 4 nitrogen and oxygen atoms in total. The van der Waals surface area contributed by atoms with Crippen LogP contribution < -0.4 is 5.32 Å². The molecule has 0 saturated carbocycles. The Labute approximate surface area is 218 Å². The van der Waals surface area contributed by atoms with Gasteiger partial charge in [0.05, 0.1) is 6.04 Å². The Kier molecular flexibility index (Phi) is 21.0. The van der Waals surface area contributed by atoms with Crippen molar-refractivity contribution < 1.29 is 9.90 Å². The molecule has 35 heavy (non-hydrogen) atoms. The third-order valence-corrected chi connectivity index (χ3v) is 7.03. The summed E-state index contributed by atoms with van der Waals surface area (Å²) in [6.45, 7) is 5.12. The lowest BCUT2D eigenvalue weighted by Crippen LogP contribution is -2.46. The molecular formula is C31H58N2O2. The largest absolute Gasteiger partial charge is 0.386 e. The van der Waals surface area contributed by atoms with E-state index in [0.717, 1.165) is 38.0 Å². The Hall–Kier alpha value is -1.39. The van der Waals surface area contributed by atoms with Crippen LogP contribution >= 0.6 is 0 Å². The molecule has 1 aromatic rings. The van der Waals surface area contributed by atoms with Crippen molar-refractivity contribution in [2.45, 2.75) is 137 Å². The van der Waals surface area contributed by atoms with Gasteiger partial charge in [-0.25, -0.2) is 0 Å². The van der Waals surface area contributed by atoms with Crippen LogP contribution in [-0.4, -0.2) is 41.6 Å². The third-order valence-electron chi connectivity index (χ3n) is 7.03. The van der Waals surface area contributed by atoms with Gasteiger partial charge >= 0.3 is 0 Å². The van der Waals surface area contributed by atoms with E-state index in [-0.39, 0.29) is 26.8 Å². The Morgan fingerprint density at radius 3 is 1.83 bits per heavy atom. The van der Waals surface area contributed by atoms with Crippen LogP contribution in [0.3, 0.4) is 0 Å². The van der Waals surface area contributed by atoms with E-state index in [1.807, 2.05) is 30.3 Å². The molecule has 204 valence electrons.